The van der Waals surface area contributed by atoms with Crippen molar-refractivity contribution in [2.75, 3.05) is 0 Å². The molecule has 1 fully saturated rings. The Bertz CT molecular complexity index is 493. The van der Waals surface area contributed by atoms with Crippen LogP contribution in [0, 0.1) is 11.7 Å². The molecule has 1 atom stereocenters. The van der Waals surface area contributed by atoms with E-state index in [2.05, 4.69) is 0 Å². The molecule has 2 rings (SSSR count). The Morgan fingerprint density at radius 1 is 1.21 bits per heavy atom. The van der Waals surface area contributed by atoms with Gasteiger partial charge in [0.05, 0.1) is 5.16 Å². The van der Waals surface area contributed by atoms with Crippen LogP contribution in [0.1, 0.15) is 44.6 Å². The third-order valence-corrected chi connectivity index (χ3v) is 6.24. The van der Waals surface area contributed by atoms with E-state index in [-0.39, 0.29) is 11.5 Å². The lowest BCUT2D eigenvalue weighted by Gasteiger charge is -2.40. The highest BCUT2D eigenvalue weighted by atomic mass is 31.2. The summed E-state index contributed by atoms with van der Waals surface area (Å²) in [6.07, 6.45) is 4.49. The van der Waals surface area contributed by atoms with Gasteiger partial charge in [-0.05, 0) is 31.7 Å². The standard InChI is InChI=1S/C14H20FO3P/c1-14(19(16,17)18,11-7-3-2-4-8-11)12-9-5-6-10-13(12)15/h5-6,9-11H,2-4,7-8H2,1H3,(H2,16,17,18). The van der Waals surface area contributed by atoms with Crippen molar-refractivity contribution in [1.82, 2.24) is 0 Å². The zero-order valence-electron chi connectivity index (χ0n) is 11.1. The SMILES string of the molecule is CC(c1ccccc1F)(C1CCCCC1)P(=O)(O)O. The summed E-state index contributed by atoms with van der Waals surface area (Å²) in [7, 11) is -4.45. The average molecular weight is 286 g/mol. The molecule has 0 amide bonds. The largest absolute Gasteiger partial charge is 0.336 e. The Balaban J connectivity index is 2.52. The van der Waals surface area contributed by atoms with Gasteiger partial charge in [-0.3, -0.25) is 4.57 Å². The second kappa shape index (κ2) is 5.35. The molecule has 0 bridgehead atoms. The average Bonchev–Trinajstić information content (AvgIpc) is 2.38. The van der Waals surface area contributed by atoms with Gasteiger partial charge in [0, 0.05) is 5.56 Å². The van der Waals surface area contributed by atoms with Gasteiger partial charge in [-0.2, -0.15) is 0 Å². The molecular formula is C14H20FO3P. The van der Waals surface area contributed by atoms with Crippen LogP contribution in [0.2, 0.25) is 0 Å². The number of halogens is 1. The summed E-state index contributed by atoms with van der Waals surface area (Å²) < 4.78 is 26.1. The molecule has 3 nitrogen and oxygen atoms in total. The second-order valence-electron chi connectivity index (χ2n) is 5.51. The van der Waals surface area contributed by atoms with Gasteiger partial charge in [-0.15, -0.1) is 0 Å². The van der Waals surface area contributed by atoms with E-state index in [1.54, 1.807) is 12.1 Å². The highest BCUT2D eigenvalue weighted by Gasteiger charge is 2.51. The number of rotatable bonds is 3. The molecule has 1 aromatic carbocycles. The Labute approximate surface area is 113 Å². The quantitative estimate of drug-likeness (QED) is 0.831. The summed E-state index contributed by atoms with van der Waals surface area (Å²) in [6, 6.07) is 5.95. The topological polar surface area (TPSA) is 57.5 Å². The molecule has 5 heteroatoms. The molecule has 106 valence electrons. The molecule has 0 spiro atoms. The number of hydrogen-bond acceptors (Lipinski definition) is 1. The molecule has 1 unspecified atom stereocenters. The van der Waals surface area contributed by atoms with Crippen molar-refractivity contribution < 1.29 is 18.7 Å². The van der Waals surface area contributed by atoms with Gasteiger partial charge in [0.2, 0.25) is 0 Å². The minimum absolute atomic E-state index is 0.148. The van der Waals surface area contributed by atoms with Crippen LogP contribution in [-0.4, -0.2) is 9.79 Å². The van der Waals surface area contributed by atoms with Crippen molar-refractivity contribution in [3.05, 3.63) is 35.6 Å². The van der Waals surface area contributed by atoms with Crippen molar-refractivity contribution in [1.29, 1.82) is 0 Å². The van der Waals surface area contributed by atoms with Crippen molar-refractivity contribution >= 4 is 7.60 Å². The zero-order valence-corrected chi connectivity index (χ0v) is 11.9. The molecule has 0 radical (unpaired) electrons. The normalized spacial score (nSPS) is 21.1. The number of hydrogen-bond donors (Lipinski definition) is 2. The van der Waals surface area contributed by atoms with Crippen LogP contribution in [-0.2, 0) is 9.72 Å². The first-order chi connectivity index (χ1) is 8.87. The van der Waals surface area contributed by atoms with E-state index in [9.17, 15) is 18.7 Å². The molecule has 1 aliphatic carbocycles. The van der Waals surface area contributed by atoms with Gasteiger partial charge < -0.3 is 9.79 Å². The summed E-state index contributed by atoms with van der Waals surface area (Å²) in [4.78, 5) is 19.6. The van der Waals surface area contributed by atoms with Crippen LogP contribution < -0.4 is 0 Å². The van der Waals surface area contributed by atoms with Crippen LogP contribution in [0.3, 0.4) is 0 Å². The third kappa shape index (κ3) is 2.62. The van der Waals surface area contributed by atoms with E-state index in [4.69, 9.17) is 0 Å². The Hall–Kier alpha value is -0.700. The maximum atomic E-state index is 14.0. The van der Waals surface area contributed by atoms with Crippen LogP contribution >= 0.6 is 7.60 Å². The molecule has 2 N–H and O–H groups in total. The van der Waals surface area contributed by atoms with Crippen molar-refractivity contribution in [2.45, 2.75) is 44.2 Å². The number of benzene rings is 1. The lowest BCUT2D eigenvalue weighted by Crippen LogP contribution is -2.34. The lowest BCUT2D eigenvalue weighted by atomic mass is 9.77. The molecule has 0 aliphatic heterocycles. The smallest absolute Gasteiger partial charge is 0.324 e. The fourth-order valence-electron chi connectivity index (χ4n) is 3.15. The minimum atomic E-state index is -4.45. The molecule has 0 aromatic heterocycles. The summed E-state index contributed by atoms with van der Waals surface area (Å²) in [6.45, 7) is 1.52. The molecule has 1 saturated carbocycles. The summed E-state index contributed by atoms with van der Waals surface area (Å²) in [5.74, 6) is -0.696. The summed E-state index contributed by atoms with van der Waals surface area (Å²) in [5.41, 5.74) is 0.148. The fourth-order valence-corrected chi connectivity index (χ4v) is 4.38. The van der Waals surface area contributed by atoms with Crippen LogP contribution in [0.5, 0.6) is 0 Å². The maximum absolute atomic E-state index is 14.0. The summed E-state index contributed by atoms with van der Waals surface area (Å²) in [5, 5.41) is -1.42. The van der Waals surface area contributed by atoms with E-state index in [0.29, 0.717) is 0 Å². The van der Waals surface area contributed by atoms with E-state index in [0.717, 1.165) is 32.1 Å². The molecule has 1 aromatic rings. The first kappa shape index (κ1) is 14.7. The van der Waals surface area contributed by atoms with Gasteiger partial charge in [0.15, 0.2) is 0 Å². The fraction of sp³-hybridized carbons (Fsp3) is 0.571. The van der Waals surface area contributed by atoms with E-state index < -0.39 is 18.6 Å². The van der Waals surface area contributed by atoms with E-state index in [1.165, 1.54) is 19.1 Å². The first-order valence-corrected chi connectivity index (χ1v) is 8.29. The Morgan fingerprint density at radius 2 is 1.79 bits per heavy atom. The van der Waals surface area contributed by atoms with Crippen molar-refractivity contribution in [2.24, 2.45) is 5.92 Å². The van der Waals surface area contributed by atoms with Gasteiger partial charge in [-0.25, -0.2) is 4.39 Å². The highest BCUT2D eigenvalue weighted by molar-refractivity contribution is 7.53. The Kier molecular flexibility index (Phi) is 4.14. The van der Waals surface area contributed by atoms with Gasteiger partial charge in [0.1, 0.15) is 5.82 Å². The van der Waals surface area contributed by atoms with Crippen LogP contribution in [0.15, 0.2) is 24.3 Å². The summed E-state index contributed by atoms with van der Waals surface area (Å²) >= 11 is 0. The first-order valence-electron chi connectivity index (χ1n) is 6.68. The van der Waals surface area contributed by atoms with E-state index in [1.807, 2.05) is 0 Å². The molecule has 0 heterocycles. The van der Waals surface area contributed by atoms with Gasteiger partial charge in [-0.1, -0.05) is 37.5 Å². The Morgan fingerprint density at radius 3 is 2.32 bits per heavy atom. The monoisotopic (exact) mass is 286 g/mol. The zero-order chi connectivity index (χ0) is 14.1. The molecular weight excluding hydrogens is 266 g/mol. The highest BCUT2D eigenvalue weighted by Crippen LogP contribution is 2.63. The van der Waals surface area contributed by atoms with Crippen LogP contribution in [0.25, 0.3) is 0 Å². The van der Waals surface area contributed by atoms with Gasteiger partial charge in [0.25, 0.3) is 0 Å². The minimum Gasteiger partial charge on any atom is -0.324 e. The maximum Gasteiger partial charge on any atom is 0.336 e. The van der Waals surface area contributed by atoms with Crippen LogP contribution in [0.4, 0.5) is 4.39 Å². The third-order valence-electron chi connectivity index (χ3n) is 4.42. The molecule has 1 aliphatic rings. The van der Waals surface area contributed by atoms with E-state index >= 15 is 0 Å². The van der Waals surface area contributed by atoms with Crippen molar-refractivity contribution in [3.63, 3.8) is 0 Å². The van der Waals surface area contributed by atoms with Gasteiger partial charge >= 0.3 is 7.60 Å². The lowest BCUT2D eigenvalue weighted by molar-refractivity contribution is 0.229. The second-order valence-corrected chi connectivity index (χ2v) is 7.52. The molecule has 19 heavy (non-hydrogen) atoms. The predicted octanol–water partition coefficient (Wildman–Crippen LogP) is 3.80. The molecule has 0 saturated heterocycles. The predicted molar refractivity (Wildman–Crippen MR) is 72.4 cm³/mol. The van der Waals surface area contributed by atoms with Crippen molar-refractivity contribution in [3.8, 4) is 0 Å².